The number of anilines is 1. The molecule has 0 spiro atoms. The Kier molecular flexibility index (Phi) is 5.21. The van der Waals surface area contributed by atoms with Crippen LogP contribution in [0.15, 0.2) is 24.3 Å². The van der Waals surface area contributed by atoms with E-state index < -0.39 is 5.97 Å². The number of piperidine rings is 1. The molecule has 7 nitrogen and oxygen atoms in total. The van der Waals surface area contributed by atoms with Gasteiger partial charge in [0, 0.05) is 19.0 Å². The number of rotatable bonds is 5. The Bertz CT molecular complexity index is 675. The van der Waals surface area contributed by atoms with E-state index in [1.807, 2.05) is 6.07 Å². The summed E-state index contributed by atoms with van der Waals surface area (Å²) in [5.74, 6) is -0.641. The van der Waals surface area contributed by atoms with Crippen LogP contribution in [0.1, 0.15) is 32.1 Å². The number of carboxylic acids is 1. The fourth-order valence-electron chi connectivity index (χ4n) is 3.47. The van der Waals surface area contributed by atoms with Crippen LogP contribution in [-0.4, -0.2) is 53.5 Å². The molecule has 1 aromatic carbocycles. The van der Waals surface area contributed by atoms with E-state index in [-0.39, 0.29) is 37.4 Å². The van der Waals surface area contributed by atoms with Crippen molar-refractivity contribution >= 4 is 23.5 Å². The van der Waals surface area contributed by atoms with E-state index in [0.29, 0.717) is 24.4 Å². The van der Waals surface area contributed by atoms with Crippen LogP contribution in [0.3, 0.4) is 0 Å². The quantitative estimate of drug-likeness (QED) is 0.876. The number of hydrogen-bond acceptors (Lipinski definition) is 4. The average molecular weight is 346 g/mol. The average Bonchev–Trinajstić information content (AvgIpc) is 2.62. The number of fused-ring (bicyclic) bond motifs is 1. The predicted octanol–water partition coefficient (Wildman–Crippen LogP) is 1.66. The summed E-state index contributed by atoms with van der Waals surface area (Å²) in [4.78, 5) is 39.1. The summed E-state index contributed by atoms with van der Waals surface area (Å²) in [5.41, 5.74) is 0.603. The molecule has 0 aromatic heterocycles. The number of nitrogens with zero attached hydrogens (tertiary/aromatic N) is 2. The SMILES string of the molecule is O=C(O)CCC1CCCCN1C(=O)CN1C(=O)COc2ccccc21. The minimum Gasteiger partial charge on any atom is -0.482 e. The molecule has 1 unspecified atom stereocenters. The first-order valence-corrected chi connectivity index (χ1v) is 8.59. The summed E-state index contributed by atoms with van der Waals surface area (Å²) in [6.07, 6.45) is 3.21. The number of carbonyl (C=O) groups is 3. The van der Waals surface area contributed by atoms with E-state index in [9.17, 15) is 14.4 Å². The van der Waals surface area contributed by atoms with Crippen LogP contribution in [0.4, 0.5) is 5.69 Å². The third-order valence-corrected chi connectivity index (χ3v) is 4.74. The highest BCUT2D eigenvalue weighted by Crippen LogP contribution is 2.31. The molecule has 1 aromatic rings. The molecule has 0 aliphatic carbocycles. The highest BCUT2D eigenvalue weighted by molar-refractivity contribution is 6.02. The Balaban J connectivity index is 1.72. The van der Waals surface area contributed by atoms with Crippen molar-refractivity contribution in [1.82, 2.24) is 4.90 Å². The summed E-state index contributed by atoms with van der Waals surface area (Å²) in [5, 5.41) is 8.90. The zero-order valence-corrected chi connectivity index (χ0v) is 14.0. The lowest BCUT2D eigenvalue weighted by Gasteiger charge is -2.37. The van der Waals surface area contributed by atoms with Gasteiger partial charge < -0.3 is 14.7 Å². The van der Waals surface area contributed by atoms with Gasteiger partial charge in [0.25, 0.3) is 5.91 Å². The normalized spacial score (nSPS) is 20.0. The first kappa shape index (κ1) is 17.3. The first-order chi connectivity index (χ1) is 12.1. The van der Waals surface area contributed by atoms with Crippen LogP contribution in [0.25, 0.3) is 0 Å². The van der Waals surface area contributed by atoms with Crippen LogP contribution in [0.5, 0.6) is 5.75 Å². The number of carboxylic acid groups (broad SMARTS) is 1. The first-order valence-electron chi connectivity index (χ1n) is 8.59. The van der Waals surface area contributed by atoms with Gasteiger partial charge in [-0.15, -0.1) is 0 Å². The molecule has 2 aliphatic heterocycles. The maximum atomic E-state index is 12.8. The van der Waals surface area contributed by atoms with Gasteiger partial charge >= 0.3 is 5.97 Å². The number of aliphatic carboxylic acids is 1. The van der Waals surface area contributed by atoms with Crippen molar-refractivity contribution in [2.24, 2.45) is 0 Å². The Hall–Kier alpha value is -2.57. The number of benzene rings is 1. The van der Waals surface area contributed by atoms with Gasteiger partial charge in [0.2, 0.25) is 5.91 Å². The van der Waals surface area contributed by atoms with Crippen molar-refractivity contribution in [2.45, 2.75) is 38.1 Å². The molecule has 1 N–H and O–H groups in total. The molecule has 2 amide bonds. The molecular formula is C18H22N2O5. The van der Waals surface area contributed by atoms with Crippen LogP contribution < -0.4 is 9.64 Å². The number of ether oxygens (including phenoxy) is 1. The van der Waals surface area contributed by atoms with E-state index >= 15 is 0 Å². The molecular weight excluding hydrogens is 324 g/mol. The minimum absolute atomic E-state index is 0.0389. The van der Waals surface area contributed by atoms with E-state index in [4.69, 9.17) is 9.84 Å². The highest BCUT2D eigenvalue weighted by atomic mass is 16.5. The summed E-state index contributed by atoms with van der Waals surface area (Å²) in [7, 11) is 0. The molecule has 3 rings (SSSR count). The predicted molar refractivity (Wildman–Crippen MR) is 90.5 cm³/mol. The lowest BCUT2D eigenvalue weighted by molar-refractivity contribution is -0.139. The number of likely N-dealkylation sites (tertiary alicyclic amines) is 1. The zero-order valence-electron chi connectivity index (χ0n) is 14.0. The summed E-state index contributed by atoms with van der Waals surface area (Å²) in [6, 6.07) is 7.09. The van der Waals surface area contributed by atoms with Crippen molar-refractivity contribution in [3.8, 4) is 5.75 Å². The van der Waals surface area contributed by atoms with E-state index in [1.165, 1.54) is 4.90 Å². The second-order valence-corrected chi connectivity index (χ2v) is 6.41. The van der Waals surface area contributed by atoms with Gasteiger partial charge in [-0.3, -0.25) is 19.3 Å². The Morgan fingerprint density at radius 3 is 2.84 bits per heavy atom. The fraction of sp³-hybridized carbons (Fsp3) is 0.500. The van der Waals surface area contributed by atoms with Gasteiger partial charge in [-0.2, -0.15) is 0 Å². The Labute approximate surface area is 146 Å². The van der Waals surface area contributed by atoms with E-state index in [2.05, 4.69) is 0 Å². The van der Waals surface area contributed by atoms with Crippen LogP contribution in [0, 0.1) is 0 Å². The third kappa shape index (κ3) is 3.92. The van der Waals surface area contributed by atoms with Crippen molar-refractivity contribution in [3.63, 3.8) is 0 Å². The van der Waals surface area contributed by atoms with Crippen molar-refractivity contribution < 1.29 is 24.2 Å². The summed E-state index contributed by atoms with van der Waals surface area (Å²) >= 11 is 0. The van der Waals surface area contributed by atoms with Crippen LogP contribution in [0.2, 0.25) is 0 Å². The van der Waals surface area contributed by atoms with Gasteiger partial charge in [0.05, 0.1) is 5.69 Å². The summed E-state index contributed by atoms with van der Waals surface area (Å²) in [6.45, 7) is 0.499. The largest absolute Gasteiger partial charge is 0.482 e. The number of carbonyl (C=O) groups excluding carboxylic acids is 2. The lowest BCUT2D eigenvalue weighted by atomic mass is 9.97. The van der Waals surface area contributed by atoms with Crippen LogP contribution >= 0.6 is 0 Å². The van der Waals surface area contributed by atoms with Crippen LogP contribution in [-0.2, 0) is 14.4 Å². The molecule has 2 heterocycles. The number of hydrogen-bond donors (Lipinski definition) is 1. The third-order valence-electron chi connectivity index (χ3n) is 4.74. The molecule has 1 atom stereocenters. The second-order valence-electron chi connectivity index (χ2n) is 6.41. The Morgan fingerprint density at radius 2 is 2.04 bits per heavy atom. The van der Waals surface area contributed by atoms with Gasteiger partial charge in [-0.05, 0) is 37.8 Å². The smallest absolute Gasteiger partial charge is 0.303 e. The van der Waals surface area contributed by atoms with Gasteiger partial charge in [0.15, 0.2) is 6.61 Å². The maximum absolute atomic E-state index is 12.8. The molecule has 134 valence electrons. The fourth-order valence-corrected chi connectivity index (χ4v) is 3.47. The topological polar surface area (TPSA) is 87.2 Å². The monoisotopic (exact) mass is 346 g/mol. The summed E-state index contributed by atoms with van der Waals surface area (Å²) < 4.78 is 5.40. The molecule has 0 saturated carbocycles. The van der Waals surface area contributed by atoms with E-state index in [0.717, 1.165) is 19.3 Å². The maximum Gasteiger partial charge on any atom is 0.303 e. The van der Waals surface area contributed by atoms with Crippen molar-refractivity contribution in [2.75, 3.05) is 24.6 Å². The lowest BCUT2D eigenvalue weighted by Crippen LogP contribution is -2.50. The zero-order chi connectivity index (χ0) is 17.8. The van der Waals surface area contributed by atoms with Crippen molar-refractivity contribution in [1.29, 1.82) is 0 Å². The van der Waals surface area contributed by atoms with E-state index in [1.54, 1.807) is 23.1 Å². The standard InChI is InChI=1S/C18H22N2O5/c21-16(19-10-4-3-5-13(19)8-9-18(23)24)11-20-14-6-1-2-7-15(14)25-12-17(20)22/h1-2,6-7,13H,3-5,8-12H2,(H,23,24). The highest BCUT2D eigenvalue weighted by Gasteiger charge is 2.32. The molecule has 1 fully saturated rings. The van der Waals surface area contributed by atoms with Gasteiger partial charge in [-0.1, -0.05) is 12.1 Å². The van der Waals surface area contributed by atoms with Gasteiger partial charge in [0.1, 0.15) is 12.3 Å². The molecule has 1 saturated heterocycles. The number of para-hydroxylation sites is 2. The molecule has 0 radical (unpaired) electrons. The minimum atomic E-state index is -0.852. The molecule has 7 heteroatoms. The second kappa shape index (κ2) is 7.55. The molecule has 25 heavy (non-hydrogen) atoms. The van der Waals surface area contributed by atoms with Crippen molar-refractivity contribution in [3.05, 3.63) is 24.3 Å². The molecule has 0 bridgehead atoms. The molecule has 2 aliphatic rings. The Morgan fingerprint density at radius 1 is 1.24 bits per heavy atom. The van der Waals surface area contributed by atoms with Gasteiger partial charge in [-0.25, -0.2) is 0 Å². The number of amides is 2.